The Morgan fingerprint density at radius 1 is 0.534 bits per heavy atom. The van der Waals surface area contributed by atoms with Crippen molar-refractivity contribution in [2.75, 3.05) is 108 Å². The zero-order valence-corrected chi connectivity index (χ0v) is 55.0. The summed E-state index contributed by atoms with van der Waals surface area (Å²) in [4.78, 5) is 74.0. The second-order valence-electron chi connectivity index (χ2n) is 22.1. The van der Waals surface area contributed by atoms with E-state index in [9.17, 15) is 28.8 Å². The van der Waals surface area contributed by atoms with Gasteiger partial charge in [-0.15, -0.1) is 0 Å². The predicted octanol–water partition coefficient (Wildman–Crippen LogP) is 9.54. The number of carbonyl (C=O) groups excluding carboxylic acids is 6. The fourth-order valence-electron chi connectivity index (χ4n) is 7.30. The lowest BCUT2D eigenvalue weighted by Crippen LogP contribution is -2.22. The van der Waals surface area contributed by atoms with E-state index in [4.69, 9.17) is 62.6 Å². The van der Waals surface area contributed by atoms with Crippen LogP contribution in [-0.4, -0.2) is 172 Å². The number of hydrogen-bond donors (Lipinski definition) is 1. The van der Waals surface area contributed by atoms with Crippen LogP contribution in [-0.2, 0) is 70.3 Å². The zero-order valence-electron chi connectivity index (χ0n) is 53.0. The van der Waals surface area contributed by atoms with Crippen LogP contribution < -0.4 is 34.2 Å². The summed E-state index contributed by atoms with van der Waals surface area (Å²) in [7, 11) is 3.12. The van der Waals surface area contributed by atoms with E-state index < -0.39 is 28.1 Å². The molecule has 22 nitrogen and oxygen atoms in total. The molecule has 1 saturated heterocycles. The number of ketones is 2. The van der Waals surface area contributed by atoms with Crippen LogP contribution in [0.3, 0.4) is 0 Å². The Morgan fingerprint density at radius 2 is 0.977 bits per heavy atom. The van der Waals surface area contributed by atoms with E-state index in [-0.39, 0.29) is 61.8 Å². The molecule has 1 heterocycles. The summed E-state index contributed by atoms with van der Waals surface area (Å²) in [5.41, 5.74) is 8.16. The number of nitrogens with zero attached hydrogens (tertiary/aromatic N) is 1. The maximum absolute atomic E-state index is 12.5. The molecule has 0 unspecified atom stereocenters. The van der Waals surface area contributed by atoms with Gasteiger partial charge in [-0.3, -0.25) is 24.2 Å². The second kappa shape index (κ2) is 42.6. The minimum absolute atomic E-state index is 0.0238. The van der Waals surface area contributed by atoms with Crippen LogP contribution in [0.1, 0.15) is 70.4 Å². The fraction of sp³-hybridized carbons (Fsp3) is 0.516. The summed E-state index contributed by atoms with van der Waals surface area (Å²) >= 11 is 0. The lowest BCUT2D eigenvalue weighted by Gasteiger charge is -2.15. The van der Waals surface area contributed by atoms with Crippen LogP contribution in [0.4, 0.5) is 0 Å². The first-order valence-corrected chi connectivity index (χ1v) is 36.7. The molecule has 0 amide bonds. The van der Waals surface area contributed by atoms with E-state index in [1.165, 1.54) is 40.6 Å². The third-order valence-corrected chi connectivity index (χ3v) is 15.9. The quantitative estimate of drug-likeness (QED) is 0.0109. The zero-order chi connectivity index (χ0) is 64.6. The number of benzene rings is 4. The van der Waals surface area contributed by atoms with E-state index in [2.05, 4.69) is 53.7 Å². The van der Waals surface area contributed by atoms with Crippen LogP contribution in [0.2, 0.25) is 51.4 Å². The number of nitrogens with two attached hydrogens (primary N) is 1. The van der Waals surface area contributed by atoms with Gasteiger partial charge in [0.05, 0.1) is 101 Å². The van der Waals surface area contributed by atoms with Gasteiger partial charge in [-0.2, -0.15) is 0 Å². The standard InChI is InChI=1S/C31H43NO9Si.C21H34O6Si.C12H15NO5/c1-36-28-14-11-25(20-29(28)41-23-31(35)37-2)27(33)21-32-15-7-16-38-22-24-9-12-26(13-10-24)39-17-6-8-30(34)40-18-19-42(3,4)5;1-28(2,3)16-15-25-20(22)5-4-11-24-19-8-6-18(7-9-19)17-23-12-10-21-26-13-14-27-21;1-16-10-4-3-8(9(14)6-13)5-11(10)18-7-12(15)17-2/h9-15,20H,6-8,16-19,21-23H2,1-5H3;6-9,21H,4-5,10-17H2,1-3H3;3-5H,6-7,13H2,1-2H3. The van der Waals surface area contributed by atoms with Crippen molar-refractivity contribution in [1.29, 1.82) is 0 Å². The number of hydrogen-bond acceptors (Lipinski definition) is 22. The summed E-state index contributed by atoms with van der Waals surface area (Å²) in [5, 5.41) is 0. The van der Waals surface area contributed by atoms with Gasteiger partial charge in [0.25, 0.3) is 0 Å². The first kappa shape index (κ1) is 75.1. The third kappa shape index (κ3) is 33.8. The van der Waals surface area contributed by atoms with Gasteiger partial charge in [0.2, 0.25) is 0 Å². The minimum Gasteiger partial charge on any atom is -0.494 e. The molecule has 4 aromatic rings. The van der Waals surface area contributed by atoms with E-state index in [0.717, 1.165) is 41.1 Å². The number of ether oxygens (including phenoxy) is 14. The molecular formula is C64H92N2O20Si2. The van der Waals surface area contributed by atoms with Crippen molar-refractivity contribution in [2.24, 2.45) is 10.7 Å². The molecule has 2 N–H and O–H groups in total. The number of rotatable bonds is 39. The highest BCUT2D eigenvalue weighted by molar-refractivity contribution is 6.76. The van der Waals surface area contributed by atoms with Gasteiger partial charge in [0.15, 0.2) is 54.1 Å². The molecule has 88 heavy (non-hydrogen) atoms. The van der Waals surface area contributed by atoms with Crippen LogP contribution >= 0.6 is 0 Å². The van der Waals surface area contributed by atoms with Gasteiger partial charge in [0, 0.05) is 59.2 Å². The Morgan fingerprint density at radius 3 is 1.40 bits per heavy atom. The van der Waals surface area contributed by atoms with Crippen molar-refractivity contribution in [1.82, 2.24) is 0 Å². The van der Waals surface area contributed by atoms with Gasteiger partial charge in [-0.25, -0.2) is 9.59 Å². The van der Waals surface area contributed by atoms with Gasteiger partial charge in [-0.1, -0.05) is 63.5 Å². The summed E-state index contributed by atoms with van der Waals surface area (Å²) in [6.45, 7) is 18.3. The molecule has 1 aliphatic heterocycles. The van der Waals surface area contributed by atoms with Gasteiger partial charge >= 0.3 is 23.9 Å². The molecule has 24 heteroatoms. The molecule has 0 aliphatic carbocycles. The highest BCUT2D eigenvalue weighted by atomic mass is 28.3. The highest BCUT2D eigenvalue weighted by Gasteiger charge is 2.18. The first-order valence-electron chi connectivity index (χ1n) is 29.3. The van der Waals surface area contributed by atoms with Gasteiger partial charge < -0.3 is 72.0 Å². The molecule has 0 atom stereocenters. The molecule has 1 fully saturated rings. The average Bonchev–Trinajstić information content (AvgIpc) is 3.42. The molecule has 5 rings (SSSR count). The second-order valence-corrected chi connectivity index (χ2v) is 33.4. The first-order chi connectivity index (χ1) is 42.1. The van der Waals surface area contributed by atoms with Crippen molar-refractivity contribution in [2.45, 2.75) is 109 Å². The average molecular weight is 1270 g/mol. The molecule has 486 valence electrons. The monoisotopic (exact) mass is 1260 g/mol. The Hall–Kier alpha value is -7.20. The number of carbonyl (C=O) groups is 6. The Kier molecular flexibility index (Phi) is 36.4. The lowest BCUT2D eigenvalue weighted by atomic mass is 10.1. The summed E-state index contributed by atoms with van der Waals surface area (Å²) in [6.07, 6.45) is 4.87. The Labute approximate surface area is 520 Å². The molecule has 0 radical (unpaired) electrons. The Balaban J connectivity index is 0.000000377. The number of Topliss-reactive ketones (excluding diaryl/α,β-unsaturated/α-hetero) is 2. The lowest BCUT2D eigenvalue weighted by molar-refractivity contribution is -0.144. The number of aliphatic imine (C=N–C) groups is 1. The third-order valence-electron chi connectivity index (χ3n) is 12.4. The molecular weight excluding hydrogens is 1170 g/mol. The topological polar surface area (TPSA) is 270 Å². The van der Waals surface area contributed by atoms with Crippen LogP contribution in [0.25, 0.3) is 0 Å². The number of esters is 4. The predicted molar refractivity (Wildman–Crippen MR) is 337 cm³/mol. The van der Waals surface area contributed by atoms with Crippen molar-refractivity contribution in [3.63, 3.8) is 0 Å². The fourth-order valence-corrected chi connectivity index (χ4v) is 8.73. The summed E-state index contributed by atoms with van der Waals surface area (Å²) in [6, 6.07) is 26.8. The van der Waals surface area contributed by atoms with Crippen molar-refractivity contribution < 1.29 is 95.1 Å². The molecule has 4 aromatic carbocycles. The van der Waals surface area contributed by atoms with E-state index in [1.807, 2.05) is 48.5 Å². The van der Waals surface area contributed by atoms with Gasteiger partial charge in [0.1, 0.15) is 18.0 Å². The highest BCUT2D eigenvalue weighted by Crippen LogP contribution is 2.30. The minimum atomic E-state index is -1.19. The molecule has 0 spiro atoms. The smallest absolute Gasteiger partial charge is 0.343 e. The molecule has 1 aliphatic rings. The van der Waals surface area contributed by atoms with Crippen molar-refractivity contribution >= 4 is 57.8 Å². The van der Waals surface area contributed by atoms with Crippen molar-refractivity contribution in [3.05, 3.63) is 107 Å². The maximum atomic E-state index is 12.5. The van der Waals surface area contributed by atoms with E-state index in [1.54, 1.807) is 30.5 Å². The summed E-state index contributed by atoms with van der Waals surface area (Å²) < 4.78 is 74.0. The van der Waals surface area contributed by atoms with Crippen LogP contribution in [0.15, 0.2) is 89.9 Å². The largest absolute Gasteiger partial charge is 0.494 e. The SMILES string of the molecule is COC(=O)COc1cc(C(=O)CN)ccc1OC.COC(=O)COc1cc(C(=O)CN=CCCOCc2ccc(OCCCC(=O)OCC[Si](C)(C)C)cc2)ccc1OC.C[Si](C)(C)CCOC(=O)CCCOc1ccc(COCCC2OCCO2)cc1. The molecule has 0 saturated carbocycles. The molecule has 0 aromatic heterocycles. The summed E-state index contributed by atoms with van der Waals surface area (Å²) in [5.74, 6) is 1.14. The Bertz CT molecular complexity index is 2730. The van der Waals surface area contributed by atoms with Crippen LogP contribution in [0.5, 0.6) is 34.5 Å². The number of methoxy groups -OCH3 is 4. The normalized spacial score (nSPS) is 12.1. The van der Waals surface area contributed by atoms with Crippen LogP contribution in [0, 0.1) is 0 Å². The maximum Gasteiger partial charge on any atom is 0.343 e. The van der Waals surface area contributed by atoms with E-state index >= 15 is 0 Å². The molecule has 0 bridgehead atoms. The van der Waals surface area contributed by atoms with Gasteiger partial charge in [-0.05, 0) is 96.7 Å². The van der Waals surface area contributed by atoms with Crippen molar-refractivity contribution in [3.8, 4) is 34.5 Å². The van der Waals surface area contributed by atoms with E-state index in [0.29, 0.717) is 127 Å².